The van der Waals surface area contributed by atoms with E-state index in [9.17, 15) is 17.6 Å². The summed E-state index contributed by atoms with van der Waals surface area (Å²) in [5, 5.41) is 2.19. The van der Waals surface area contributed by atoms with Crippen molar-refractivity contribution in [3.63, 3.8) is 0 Å². The number of alkyl halides is 3. The van der Waals surface area contributed by atoms with Gasteiger partial charge in [-0.3, -0.25) is 0 Å². The van der Waals surface area contributed by atoms with E-state index in [1.807, 2.05) is 0 Å². The summed E-state index contributed by atoms with van der Waals surface area (Å²) in [7, 11) is 0. The largest absolute Gasteiger partial charge is 0.491 e. The van der Waals surface area contributed by atoms with Gasteiger partial charge in [0.05, 0.1) is 11.0 Å². The summed E-state index contributed by atoms with van der Waals surface area (Å²) in [6, 6.07) is 3.84. The van der Waals surface area contributed by atoms with E-state index in [1.165, 1.54) is 18.2 Å². The normalized spacial score (nSPS) is 11.6. The van der Waals surface area contributed by atoms with Crippen molar-refractivity contribution in [3.8, 4) is 5.75 Å². The average molecular weight is 316 g/mol. The Kier molecular flexibility index (Phi) is 5.20. The Bertz CT molecular complexity index is 370. The molecule has 0 heterocycles. The lowest BCUT2D eigenvalue weighted by atomic mass is 10.3. The molecule has 1 N–H and O–H groups in total. The van der Waals surface area contributed by atoms with Gasteiger partial charge < -0.3 is 10.1 Å². The van der Waals surface area contributed by atoms with Crippen molar-refractivity contribution in [1.82, 2.24) is 5.32 Å². The molecule has 1 aromatic rings. The fourth-order valence-electron chi connectivity index (χ4n) is 1.06. The molecule has 0 bridgehead atoms. The van der Waals surface area contributed by atoms with Crippen LogP contribution in [0.5, 0.6) is 5.75 Å². The first-order chi connectivity index (χ1) is 7.88. The molecule has 0 amide bonds. The Hall–Kier alpha value is -0.820. The SMILES string of the molecule is Fc1ccc(OCCNCC(F)(F)F)c(Br)c1. The standard InChI is InChI=1S/C10H10BrF4NO/c11-8-5-7(12)1-2-9(8)17-4-3-16-6-10(13,14)15/h1-2,5,16H,3-4,6H2. The second kappa shape index (κ2) is 6.20. The molecule has 96 valence electrons. The molecule has 0 saturated heterocycles. The molecular formula is C10H10BrF4NO. The maximum absolute atomic E-state index is 12.7. The Labute approximate surface area is 104 Å². The maximum Gasteiger partial charge on any atom is 0.401 e. The van der Waals surface area contributed by atoms with Gasteiger partial charge in [0.2, 0.25) is 0 Å². The number of rotatable bonds is 5. The van der Waals surface area contributed by atoms with Crippen molar-refractivity contribution in [3.05, 3.63) is 28.5 Å². The first-order valence-corrected chi connectivity index (χ1v) is 5.53. The van der Waals surface area contributed by atoms with Crippen LogP contribution in [0.15, 0.2) is 22.7 Å². The summed E-state index contributed by atoms with van der Waals surface area (Å²) in [5.41, 5.74) is 0. The number of benzene rings is 1. The molecule has 0 unspecified atom stereocenters. The van der Waals surface area contributed by atoms with E-state index in [0.717, 1.165) is 0 Å². The zero-order valence-corrected chi connectivity index (χ0v) is 10.2. The van der Waals surface area contributed by atoms with Crippen LogP contribution in [0, 0.1) is 5.82 Å². The third-order valence-electron chi connectivity index (χ3n) is 1.76. The highest BCUT2D eigenvalue weighted by Gasteiger charge is 2.25. The van der Waals surface area contributed by atoms with E-state index in [1.54, 1.807) is 0 Å². The summed E-state index contributed by atoms with van der Waals surface area (Å²) < 4.78 is 53.6. The van der Waals surface area contributed by atoms with Gasteiger partial charge in [-0.1, -0.05) is 0 Å². The van der Waals surface area contributed by atoms with Crippen molar-refractivity contribution >= 4 is 15.9 Å². The summed E-state index contributed by atoms with van der Waals surface area (Å²) in [6.45, 7) is -0.926. The predicted molar refractivity (Wildman–Crippen MR) is 58.5 cm³/mol. The molecule has 0 saturated carbocycles. The highest BCUT2D eigenvalue weighted by Crippen LogP contribution is 2.25. The van der Waals surface area contributed by atoms with Crippen molar-refractivity contribution in [2.24, 2.45) is 0 Å². The molecule has 7 heteroatoms. The molecule has 1 aromatic carbocycles. The van der Waals surface area contributed by atoms with Crippen LogP contribution in [0.3, 0.4) is 0 Å². The van der Waals surface area contributed by atoms with Crippen LogP contribution in [0.4, 0.5) is 17.6 Å². The third kappa shape index (κ3) is 5.88. The smallest absolute Gasteiger partial charge is 0.401 e. The highest BCUT2D eigenvalue weighted by atomic mass is 79.9. The molecule has 0 atom stereocenters. The van der Waals surface area contributed by atoms with E-state index in [0.29, 0.717) is 10.2 Å². The van der Waals surface area contributed by atoms with Crippen molar-refractivity contribution in [2.75, 3.05) is 19.7 Å². The van der Waals surface area contributed by atoms with Gasteiger partial charge in [-0.2, -0.15) is 13.2 Å². The monoisotopic (exact) mass is 315 g/mol. The zero-order valence-electron chi connectivity index (χ0n) is 8.65. The van der Waals surface area contributed by atoms with Gasteiger partial charge in [-0.05, 0) is 34.1 Å². The molecule has 0 aromatic heterocycles. The van der Waals surface area contributed by atoms with E-state index in [4.69, 9.17) is 4.74 Å². The molecular weight excluding hydrogens is 306 g/mol. The van der Waals surface area contributed by atoms with Gasteiger partial charge in [0, 0.05) is 6.54 Å². The van der Waals surface area contributed by atoms with Crippen LogP contribution in [0.1, 0.15) is 0 Å². The van der Waals surface area contributed by atoms with Crippen LogP contribution < -0.4 is 10.1 Å². The Balaban J connectivity index is 2.27. The molecule has 1 rings (SSSR count). The van der Waals surface area contributed by atoms with Crippen LogP contribution >= 0.6 is 15.9 Å². The Morgan fingerprint density at radius 2 is 2.00 bits per heavy atom. The minimum atomic E-state index is -4.23. The van der Waals surface area contributed by atoms with Crippen molar-refractivity contribution in [2.45, 2.75) is 6.18 Å². The fraction of sp³-hybridized carbons (Fsp3) is 0.400. The van der Waals surface area contributed by atoms with Gasteiger partial charge in [0.25, 0.3) is 0 Å². The molecule has 0 aliphatic carbocycles. The van der Waals surface area contributed by atoms with Crippen LogP contribution in [0.2, 0.25) is 0 Å². The van der Waals surface area contributed by atoms with Gasteiger partial charge in [0.15, 0.2) is 0 Å². The van der Waals surface area contributed by atoms with Crippen molar-refractivity contribution in [1.29, 1.82) is 0 Å². The Morgan fingerprint density at radius 3 is 2.59 bits per heavy atom. The lowest BCUT2D eigenvalue weighted by Gasteiger charge is -2.10. The highest BCUT2D eigenvalue weighted by molar-refractivity contribution is 9.10. The predicted octanol–water partition coefficient (Wildman–Crippen LogP) is 3.12. The van der Waals surface area contributed by atoms with Crippen LogP contribution in [-0.2, 0) is 0 Å². The number of halogens is 5. The average Bonchev–Trinajstić information content (AvgIpc) is 2.18. The minimum Gasteiger partial charge on any atom is -0.491 e. The topological polar surface area (TPSA) is 21.3 Å². The lowest BCUT2D eigenvalue weighted by molar-refractivity contribution is -0.124. The van der Waals surface area contributed by atoms with Gasteiger partial charge in [-0.25, -0.2) is 4.39 Å². The number of nitrogens with one attached hydrogen (secondary N) is 1. The van der Waals surface area contributed by atoms with Crippen LogP contribution in [0.25, 0.3) is 0 Å². The van der Waals surface area contributed by atoms with E-state index >= 15 is 0 Å². The first-order valence-electron chi connectivity index (χ1n) is 4.74. The van der Waals surface area contributed by atoms with E-state index in [-0.39, 0.29) is 13.2 Å². The Morgan fingerprint density at radius 1 is 1.29 bits per heavy atom. The number of hydrogen-bond acceptors (Lipinski definition) is 2. The maximum atomic E-state index is 12.7. The number of ether oxygens (including phenoxy) is 1. The van der Waals surface area contributed by atoms with Gasteiger partial charge in [-0.15, -0.1) is 0 Å². The summed E-state index contributed by atoms with van der Waals surface area (Å²) >= 11 is 3.08. The van der Waals surface area contributed by atoms with E-state index in [2.05, 4.69) is 21.2 Å². The second-order valence-electron chi connectivity index (χ2n) is 3.22. The summed E-state index contributed by atoms with van der Waals surface area (Å²) in [6.07, 6.45) is -4.23. The zero-order chi connectivity index (χ0) is 12.9. The van der Waals surface area contributed by atoms with Crippen molar-refractivity contribution < 1.29 is 22.3 Å². The second-order valence-corrected chi connectivity index (χ2v) is 4.07. The summed E-state index contributed by atoms with van der Waals surface area (Å²) in [4.78, 5) is 0. The van der Waals surface area contributed by atoms with E-state index < -0.39 is 18.5 Å². The molecule has 0 aliphatic heterocycles. The molecule has 17 heavy (non-hydrogen) atoms. The quantitative estimate of drug-likeness (QED) is 0.666. The summed E-state index contributed by atoms with van der Waals surface area (Å²) in [5.74, 6) is -0.0281. The van der Waals surface area contributed by atoms with Gasteiger partial charge >= 0.3 is 6.18 Å². The molecule has 0 aliphatic rings. The number of hydrogen-bond donors (Lipinski definition) is 1. The first kappa shape index (κ1) is 14.2. The van der Waals surface area contributed by atoms with Crippen LogP contribution in [-0.4, -0.2) is 25.9 Å². The molecule has 2 nitrogen and oxygen atoms in total. The molecule has 0 spiro atoms. The molecule has 0 radical (unpaired) electrons. The lowest BCUT2D eigenvalue weighted by Crippen LogP contribution is -2.31. The fourth-order valence-corrected chi connectivity index (χ4v) is 1.52. The molecule has 0 fully saturated rings. The van der Waals surface area contributed by atoms with Gasteiger partial charge in [0.1, 0.15) is 18.2 Å². The minimum absolute atomic E-state index is 0.0589. The third-order valence-corrected chi connectivity index (χ3v) is 2.38.